The van der Waals surface area contributed by atoms with Gasteiger partial charge in [-0.1, -0.05) is 6.08 Å². The molecule has 1 rings (SSSR count). The Kier molecular flexibility index (Phi) is 5.30. The lowest BCUT2D eigenvalue weighted by molar-refractivity contribution is -0.130. The highest BCUT2D eigenvalue weighted by molar-refractivity contribution is 6.19. The van der Waals surface area contributed by atoms with E-state index in [1.165, 1.54) is 6.08 Å². The number of rotatable bonds is 3. The summed E-state index contributed by atoms with van der Waals surface area (Å²) < 4.78 is 0. The number of nitriles is 1. The second kappa shape index (κ2) is 6.51. The first-order valence-electron chi connectivity index (χ1n) is 5.27. The van der Waals surface area contributed by atoms with E-state index in [0.717, 1.165) is 13.1 Å². The molecule has 1 saturated heterocycles. The van der Waals surface area contributed by atoms with E-state index in [1.54, 1.807) is 11.0 Å². The van der Waals surface area contributed by atoms with Crippen LogP contribution < -0.4 is 0 Å². The molecular weight excluding hydrogens is 226 g/mol. The SMILES string of the molecule is CN1CCN(C(=O)/C=C/CCl)[C@@H](CC#N)C1. The highest BCUT2D eigenvalue weighted by Crippen LogP contribution is 2.12. The van der Waals surface area contributed by atoms with Crippen molar-refractivity contribution in [2.45, 2.75) is 12.5 Å². The summed E-state index contributed by atoms with van der Waals surface area (Å²) in [5, 5.41) is 8.73. The van der Waals surface area contributed by atoms with E-state index in [4.69, 9.17) is 16.9 Å². The Balaban J connectivity index is 2.65. The molecule has 0 unspecified atom stereocenters. The predicted molar refractivity (Wildman–Crippen MR) is 63.1 cm³/mol. The van der Waals surface area contributed by atoms with Crippen LogP contribution in [0.15, 0.2) is 12.2 Å². The third-order valence-electron chi connectivity index (χ3n) is 2.65. The van der Waals surface area contributed by atoms with E-state index in [1.807, 2.05) is 7.05 Å². The third-order valence-corrected chi connectivity index (χ3v) is 2.82. The van der Waals surface area contributed by atoms with Gasteiger partial charge in [0.15, 0.2) is 0 Å². The third kappa shape index (κ3) is 3.51. The molecule has 0 aromatic carbocycles. The van der Waals surface area contributed by atoms with Gasteiger partial charge in [0.1, 0.15) is 0 Å². The maximum Gasteiger partial charge on any atom is 0.246 e. The van der Waals surface area contributed by atoms with Gasteiger partial charge in [0, 0.05) is 31.6 Å². The molecule has 0 aromatic rings. The molecule has 16 heavy (non-hydrogen) atoms. The van der Waals surface area contributed by atoms with Crippen LogP contribution >= 0.6 is 11.6 Å². The average Bonchev–Trinajstić information content (AvgIpc) is 2.26. The molecule has 1 atom stereocenters. The number of piperazine rings is 1. The fourth-order valence-electron chi connectivity index (χ4n) is 1.82. The second-order valence-corrected chi connectivity index (χ2v) is 4.18. The molecule has 0 N–H and O–H groups in total. The molecule has 0 bridgehead atoms. The summed E-state index contributed by atoms with van der Waals surface area (Å²) in [7, 11) is 2.00. The predicted octanol–water partition coefficient (Wildman–Crippen LogP) is 0.838. The Morgan fingerprint density at radius 3 is 3.00 bits per heavy atom. The molecule has 0 aliphatic carbocycles. The van der Waals surface area contributed by atoms with Gasteiger partial charge in [-0.15, -0.1) is 11.6 Å². The molecule has 0 spiro atoms. The Labute approximate surface area is 101 Å². The molecule has 0 aromatic heterocycles. The maximum absolute atomic E-state index is 11.8. The quantitative estimate of drug-likeness (QED) is 0.543. The minimum absolute atomic E-state index is 0.00349. The van der Waals surface area contributed by atoms with E-state index < -0.39 is 0 Å². The highest BCUT2D eigenvalue weighted by Gasteiger charge is 2.27. The summed E-state index contributed by atoms with van der Waals surface area (Å²) in [5.74, 6) is 0.288. The number of halogens is 1. The maximum atomic E-state index is 11.8. The number of nitrogens with zero attached hydrogens (tertiary/aromatic N) is 3. The summed E-state index contributed by atoms with van der Waals surface area (Å²) in [4.78, 5) is 15.7. The molecule has 1 heterocycles. The number of allylic oxidation sites excluding steroid dienone is 1. The lowest BCUT2D eigenvalue weighted by atomic mass is 10.1. The van der Waals surface area contributed by atoms with E-state index in [2.05, 4.69) is 11.0 Å². The van der Waals surface area contributed by atoms with Crippen molar-refractivity contribution >= 4 is 17.5 Å². The molecule has 1 aliphatic heterocycles. The van der Waals surface area contributed by atoms with E-state index in [0.29, 0.717) is 18.8 Å². The lowest BCUT2D eigenvalue weighted by Crippen LogP contribution is -2.53. The van der Waals surface area contributed by atoms with Crippen molar-refractivity contribution in [1.29, 1.82) is 5.26 Å². The minimum atomic E-state index is -0.0472. The minimum Gasteiger partial charge on any atom is -0.333 e. The van der Waals surface area contributed by atoms with Gasteiger partial charge >= 0.3 is 0 Å². The summed E-state index contributed by atoms with van der Waals surface area (Å²) >= 11 is 5.49. The van der Waals surface area contributed by atoms with Crippen molar-refractivity contribution < 1.29 is 4.79 Å². The van der Waals surface area contributed by atoms with Gasteiger partial charge in [0.05, 0.1) is 18.5 Å². The Morgan fingerprint density at radius 1 is 1.62 bits per heavy atom. The van der Waals surface area contributed by atoms with Gasteiger partial charge in [-0.05, 0) is 7.05 Å². The normalized spacial score (nSPS) is 22.3. The van der Waals surface area contributed by atoms with Crippen LogP contribution in [0.5, 0.6) is 0 Å². The number of carbonyl (C=O) groups is 1. The van der Waals surface area contributed by atoms with Crippen LogP contribution in [0, 0.1) is 11.3 Å². The first kappa shape index (κ1) is 13.0. The van der Waals surface area contributed by atoms with Crippen molar-refractivity contribution in [3.8, 4) is 6.07 Å². The topological polar surface area (TPSA) is 47.3 Å². The van der Waals surface area contributed by atoms with Gasteiger partial charge in [0.2, 0.25) is 5.91 Å². The number of carbonyl (C=O) groups excluding carboxylic acids is 1. The molecule has 5 heteroatoms. The van der Waals surface area contributed by atoms with Crippen LogP contribution in [0.1, 0.15) is 6.42 Å². The zero-order valence-electron chi connectivity index (χ0n) is 9.40. The first-order chi connectivity index (χ1) is 7.69. The van der Waals surface area contributed by atoms with Crippen molar-refractivity contribution in [3.05, 3.63) is 12.2 Å². The van der Waals surface area contributed by atoms with Gasteiger partial charge in [0.25, 0.3) is 0 Å². The van der Waals surface area contributed by atoms with Gasteiger partial charge < -0.3 is 9.80 Å². The van der Waals surface area contributed by atoms with Gasteiger partial charge in [-0.3, -0.25) is 4.79 Å². The molecular formula is C11H16ClN3O. The fraction of sp³-hybridized carbons (Fsp3) is 0.636. The number of hydrogen-bond donors (Lipinski definition) is 0. The Hall–Kier alpha value is -1.05. The summed E-state index contributed by atoms with van der Waals surface area (Å²) in [6.07, 6.45) is 3.50. The van der Waals surface area contributed by atoms with Crippen LogP contribution in [-0.2, 0) is 4.79 Å². The molecule has 1 amide bonds. The molecule has 1 fully saturated rings. The molecule has 0 radical (unpaired) electrons. The van der Waals surface area contributed by atoms with Crippen molar-refractivity contribution in [1.82, 2.24) is 9.80 Å². The zero-order chi connectivity index (χ0) is 12.0. The van der Waals surface area contributed by atoms with Crippen molar-refractivity contribution in [3.63, 3.8) is 0 Å². The van der Waals surface area contributed by atoms with Crippen LogP contribution in [0.3, 0.4) is 0 Å². The van der Waals surface area contributed by atoms with Gasteiger partial charge in [-0.25, -0.2) is 0 Å². The Bertz CT molecular complexity index is 311. The monoisotopic (exact) mass is 241 g/mol. The fourth-order valence-corrected chi connectivity index (χ4v) is 1.91. The molecule has 4 nitrogen and oxygen atoms in total. The summed E-state index contributed by atoms with van der Waals surface area (Å²) in [6.45, 7) is 2.28. The van der Waals surface area contributed by atoms with E-state index in [9.17, 15) is 4.79 Å². The number of likely N-dealkylation sites (N-methyl/N-ethyl adjacent to an activating group) is 1. The number of amides is 1. The van der Waals surface area contributed by atoms with Crippen LogP contribution in [0.4, 0.5) is 0 Å². The van der Waals surface area contributed by atoms with Gasteiger partial charge in [-0.2, -0.15) is 5.26 Å². The first-order valence-corrected chi connectivity index (χ1v) is 5.81. The average molecular weight is 242 g/mol. The zero-order valence-corrected chi connectivity index (χ0v) is 10.2. The largest absolute Gasteiger partial charge is 0.333 e. The highest BCUT2D eigenvalue weighted by atomic mass is 35.5. The van der Waals surface area contributed by atoms with Crippen molar-refractivity contribution in [2.24, 2.45) is 0 Å². The summed E-state index contributed by atoms with van der Waals surface area (Å²) in [6, 6.07) is 2.12. The van der Waals surface area contributed by atoms with Crippen molar-refractivity contribution in [2.75, 3.05) is 32.6 Å². The standard InChI is InChI=1S/C11H16ClN3O/c1-14-7-8-15(10(9-14)4-6-13)11(16)3-2-5-12/h2-3,10H,4-5,7-9H2,1H3/b3-2+/t10-/m0/s1. The Morgan fingerprint density at radius 2 is 2.38 bits per heavy atom. The van der Waals surface area contributed by atoms with Crippen LogP contribution in [-0.4, -0.2) is 54.3 Å². The van der Waals surface area contributed by atoms with E-state index >= 15 is 0 Å². The van der Waals surface area contributed by atoms with Crippen LogP contribution in [0.25, 0.3) is 0 Å². The number of hydrogen-bond acceptors (Lipinski definition) is 3. The molecule has 0 saturated carbocycles. The summed E-state index contributed by atoms with van der Waals surface area (Å²) in [5.41, 5.74) is 0. The van der Waals surface area contributed by atoms with E-state index in [-0.39, 0.29) is 11.9 Å². The lowest BCUT2D eigenvalue weighted by Gasteiger charge is -2.38. The second-order valence-electron chi connectivity index (χ2n) is 3.87. The number of alkyl halides is 1. The molecule has 88 valence electrons. The van der Waals surface area contributed by atoms with Crippen LogP contribution in [0.2, 0.25) is 0 Å². The smallest absolute Gasteiger partial charge is 0.246 e. The molecule has 1 aliphatic rings.